The Hall–Kier alpha value is -1.88. The molecule has 2 unspecified atom stereocenters. The molecule has 2 rings (SSSR count). The summed E-state index contributed by atoms with van der Waals surface area (Å²) in [5.74, 6) is -1.19. The van der Waals surface area contributed by atoms with Gasteiger partial charge in [0.25, 0.3) is 0 Å². The normalized spacial score (nSPS) is 20.1. The second-order valence-corrected chi connectivity index (χ2v) is 5.57. The van der Waals surface area contributed by atoms with E-state index in [0.717, 1.165) is 5.56 Å². The number of carbonyl (C=O) groups is 2. The number of aryl methyl sites for hydroxylation is 1. The zero-order valence-electron chi connectivity index (χ0n) is 12.4. The third-order valence-corrected chi connectivity index (χ3v) is 3.74. The van der Waals surface area contributed by atoms with Crippen LogP contribution in [0.2, 0.25) is 0 Å². The number of carboxylic acid groups (broad SMARTS) is 1. The summed E-state index contributed by atoms with van der Waals surface area (Å²) in [4.78, 5) is 25.0. The molecule has 5 nitrogen and oxygen atoms in total. The van der Waals surface area contributed by atoms with Crippen molar-refractivity contribution in [1.29, 1.82) is 0 Å². The Kier molecular flexibility index (Phi) is 4.96. The average molecular weight is 291 g/mol. The van der Waals surface area contributed by atoms with E-state index in [-0.39, 0.29) is 25.0 Å². The molecule has 1 aromatic rings. The van der Waals surface area contributed by atoms with Gasteiger partial charge < -0.3 is 14.7 Å². The first-order valence-corrected chi connectivity index (χ1v) is 7.16. The van der Waals surface area contributed by atoms with Crippen LogP contribution in [0.3, 0.4) is 0 Å². The smallest absolute Gasteiger partial charge is 0.334 e. The molecule has 1 aliphatic rings. The molecule has 1 saturated heterocycles. The molecule has 1 fully saturated rings. The lowest BCUT2D eigenvalue weighted by Crippen LogP contribution is -2.50. The monoisotopic (exact) mass is 291 g/mol. The zero-order chi connectivity index (χ0) is 15.4. The molecule has 0 aliphatic carbocycles. The Balaban J connectivity index is 1.95. The van der Waals surface area contributed by atoms with E-state index in [1.54, 1.807) is 4.90 Å². The van der Waals surface area contributed by atoms with E-state index in [4.69, 9.17) is 9.84 Å². The van der Waals surface area contributed by atoms with Crippen molar-refractivity contribution in [1.82, 2.24) is 4.90 Å². The number of morpholine rings is 1. The number of rotatable bonds is 4. The molecule has 1 heterocycles. The van der Waals surface area contributed by atoms with Gasteiger partial charge in [-0.2, -0.15) is 0 Å². The Morgan fingerprint density at radius 2 is 2.05 bits per heavy atom. The largest absolute Gasteiger partial charge is 0.479 e. The van der Waals surface area contributed by atoms with E-state index < -0.39 is 12.1 Å². The Morgan fingerprint density at radius 3 is 2.67 bits per heavy atom. The maximum atomic E-state index is 12.4. The first kappa shape index (κ1) is 15.5. The molecule has 2 atom stereocenters. The van der Waals surface area contributed by atoms with Crippen LogP contribution in [0.15, 0.2) is 24.3 Å². The van der Waals surface area contributed by atoms with Gasteiger partial charge in [-0.1, -0.05) is 36.8 Å². The summed E-state index contributed by atoms with van der Waals surface area (Å²) < 4.78 is 5.14. The van der Waals surface area contributed by atoms with Crippen LogP contribution in [-0.2, 0) is 20.7 Å². The van der Waals surface area contributed by atoms with Gasteiger partial charge in [0.2, 0.25) is 5.91 Å². The van der Waals surface area contributed by atoms with E-state index in [1.807, 2.05) is 38.1 Å². The highest BCUT2D eigenvalue weighted by atomic mass is 16.5. The van der Waals surface area contributed by atoms with Crippen molar-refractivity contribution in [3.63, 3.8) is 0 Å². The van der Waals surface area contributed by atoms with Crippen molar-refractivity contribution in [3.05, 3.63) is 35.4 Å². The van der Waals surface area contributed by atoms with E-state index >= 15 is 0 Å². The van der Waals surface area contributed by atoms with Crippen LogP contribution in [0, 0.1) is 12.8 Å². The van der Waals surface area contributed by atoms with Gasteiger partial charge in [0.1, 0.15) is 0 Å². The second kappa shape index (κ2) is 6.72. The maximum absolute atomic E-state index is 12.4. The summed E-state index contributed by atoms with van der Waals surface area (Å²) >= 11 is 0. The summed E-state index contributed by atoms with van der Waals surface area (Å²) in [6.07, 6.45) is -0.247. The minimum Gasteiger partial charge on any atom is -0.479 e. The van der Waals surface area contributed by atoms with E-state index in [1.165, 1.54) is 5.56 Å². The van der Waals surface area contributed by atoms with Crippen molar-refractivity contribution < 1.29 is 19.4 Å². The van der Waals surface area contributed by atoms with Gasteiger partial charge in [-0.05, 0) is 18.9 Å². The SMILES string of the molecule is Cc1ccc(CC(C)C(=O)N2CCOC(C(=O)O)C2)cc1. The lowest BCUT2D eigenvalue weighted by molar-refractivity contribution is -0.160. The van der Waals surface area contributed by atoms with Crippen LogP contribution in [-0.4, -0.2) is 47.7 Å². The Bertz CT molecular complexity index is 512. The molecule has 0 spiro atoms. The summed E-state index contributed by atoms with van der Waals surface area (Å²) in [5, 5.41) is 8.97. The Morgan fingerprint density at radius 1 is 1.38 bits per heavy atom. The first-order chi connectivity index (χ1) is 9.97. The van der Waals surface area contributed by atoms with E-state index in [9.17, 15) is 9.59 Å². The molecule has 5 heteroatoms. The maximum Gasteiger partial charge on any atom is 0.334 e. The van der Waals surface area contributed by atoms with Crippen LogP contribution >= 0.6 is 0 Å². The second-order valence-electron chi connectivity index (χ2n) is 5.57. The fourth-order valence-electron chi connectivity index (χ4n) is 2.48. The highest BCUT2D eigenvalue weighted by Gasteiger charge is 2.30. The summed E-state index contributed by atoms with van der Waals surface area (Å²) in [5.41, 5.74) is 2.31. The van der Waals surface area contributed by atoms with Crippen molar-refractivity contribution in [2.45, 2.75) is 26.4 Å². The molecule has 0 bridgehead atoms. The van der Waals surface area contributed by atoms with E-state index in [2.05, 4.69) is 0 Å². The van der Waals surface area contributed by atoms with Crippen molar-refractivity contribution in [2.75, 3.05) is 19.7 Å². The summed E-state index contributed by atoms with van der Waals surface area (Å²) in [6.45, 7) is 4.78. The summed E-state index contributed by atoms with van der Waals surface area (Å²) in [7, 11) is 0. The first-order valence-electron chi connectivity index (χ1n) is 7.16. The van der Waals surface area contributed by atoms with Crippen LogP contribution in [0.4, 0.5) is 0 Å². The highest BCUT2D eigenvalue weighted by Crippen LogP contribution is 2.15. The number of benzene rings is 1. The molecular formula is C16H21NO4. The van der Waals surface area contributed by atoms with Crippen LogP contribution in [0.25, 0.3) is 0 Å². The van der Waals surface area contributed by atoms with Gasteiger partial charge in [0.05, 0.1) is 13.2 Å². The predicted octanol–water partition coefficient (Wildman–Crippen LogP) is 1.49. The molecule has 1 aliphatic heterocycles. The molecule has 0 saturated carbocycles. The fourth-order valence-corrected chi connectivity index (χ4v) is 2.48. The van der Waals surface area contributed by atoms with Crippen LogP contribution < -0.4 is 0 Å². The highest BCUT2D eigenvalue weighted by molar-refractivity contribution is 5.80. The number of hydrogen-bond donors (Lipinski definition) is 1. The topological polar surface area (TPSA) is 66.8 Å². The van der Waals surface area contributed by atoms with E-state index in [0.29, 0.717) is 13.0 Å². The Labute approximate surface area is 124 Å². The quantitative estimate of drug-likeness (QED) is 0.912. The number of hydrogen-bond acceptors (Lipinski definition) is 3. The average Bonchev–Trinajstić information content (AvgIpc) is 2.49. The molecule has 1 aromatic carbocycles. The molecular weight excluding hydrogens is 270 g/mol. The molecule has 1 amide bonds. The van der Waals surface area contributed by atoms with Crippen LogP contribution in [0.1, 0.15) is 18.1 Å². The molecule has 114 valence electrons. The fraction of sp³-hybridized carbons (Fsp3) is 0.500. The molecule has 0 aromatic heterocycles. The number of amides is 1. The number of nitrogens with zero attached hydrogens (tertiary/aromatic N) is 1. The number of carboxylic acids is 1. The van der Waals surface area contributed by atoms with Crippen molar-refractivity contribution in [3.8, 4) is 0 Å². The standard InChI is InChI=1S/C16H21NO4/c1-11-3-5-13(6-4-11)9-12(2)15(18)17-7-8-21-14(10-17)16(19)20/h3-6,12,14H,7-10H2,1-2H3,(H,19,20). The zero-order valence-corrected chi connectivity index (χ0v) is 12.4. The van der Waals surface area contributed by atoms with Gasteiger partial charge in [0, 0.05) is 12.5 Å². The van der Waals surface area contributed by atoms with Crippen LogP contribution in [0.5, 0.6) is 0 Å². The molecule has 1 N–H and O–H groups in total. The van der Waals surface area contributed by atoms with Gasteiger partial charge >= 0.3 is 5.97 Å². The third kappa shape index (κ3) is 4.04. The lowest BCUT2D eigenvalue weighted by atomic mass is 9.98. The van der Waals surface area contributed by atoms with Crippen molar-refractivity contribution in [2.24, 2.45) is 5.92 Å². The van der Waals surface area contributed by atoms with Crippen molar-refractivity contribution >= 4 is 11.9 Å². The minimum absolute atomic E-state index is 0.00914. The molecule has 21 heavy (non-hydrogen) atoms. The minimum atomic E-state index is -1.02. The predicted molar refractivity (Wildman–Crippen MR) is 78.0 cm³/mol. The van der Waals surface area contributed by atoms with Gasteiger partial charge in [0.15, 0.2) is 6.10 Å². The van der Waals surface area contributed by atoms with Gasteiger partial charge in [-0.25, -0.2) is 4.79 Å². The number of aliphatic carboxylic acids is 1. The lowest BCUT2D eigenvalue weighted by Gasteiger charge is -2.32. The number of carbonyl (C=O) groups excluding carboxylic acids is 1. The van der Waals surface area contributed by atoms with Gasteiger partial charge in [-0.15, -0.1) is 0 Å². The summed E-state index contributed by atoms with van der Waals surface area (Å²) in [6, 6.07) is 8.11. The third-order valence-electron chi connectivity index (χ3n) is 3.74. The van der Waals surface area contributed by atoms with Gasteiger partial charge in [-0.3, -0.25) is 4.79 Å². The number of ether oxygens (including phenoxy) is 1. The molecule has 0 radical (unpaired) electrons.